The van der Waals surface area contributed by atoms with E-state index in [9.17, 15) is 8.42 Å². The van der Waals surface area contributed by atoms with E-state index >= 15 is 0 Å². The van der Waals surface area contributed by atoms with Gasteiger partial charge in [-0.1, -0.05) is 11.6 Å². The van der Waals surface area contributed by atoms with Gasteiger partial charge >= 0.3 is 0 Å². The van der Waals surface area contributed by atoms with E-state index in [1.807, 2.05) is 6.92 Å². The highest BCUT2D eigenvalue weighted by atomic mass is 35.5. The van der Waals surface area contributed by atoms with Gasteiger partial charge in [0.1, 0.15) is 0 Å². The highest BCUT2D eigenvalue weighted by Gasteiger charge is 2.17. The Morgan fingerprint density at radius 3 is 2.50 bits per heavy atom. The predicted octanol–water partition coefficient (Wildman–Crippen LogP) is 2.52. The molecule has 0 spiro atoms. The van der Waals surface area contributed by atoms with Gasteiger partial charge in [-0.2, -0.15) is 0 Å². The Hall–Kier alpha value is -1.70. The molecule has 0 aliphatic carbocycles. The fourth-order valence-electron chi connectivity index (χ4n) is 2.63. The zero-order valence-electron chi connectivity index (χ0n) is 13.4. The molecule has 128 valence electrons. The summed E-state index contributed by atoms with van der Waals surface area (Å²) in [7, 11) is -3.60. The molecular formula is C16H19ClN4O2S. The number of halogens is 1. The van der Waals surface area contributed by atoms with E-state index in [0.717, 1.165) is 31.6 Å². The molecule has 8 heteroatoms. The van der Waals surface area contributed by atoms with Crippen molar-refractivity contribution in [2.24, 2.45) is 0 Å². The summed E-state index contributed by atoms with van der Waals surface area (Å²) >= 11 is 5.79. The number of aromatic nitrogens is 2. The van der Waals surface area contributed by atoms with Gasteiger partial charge in [0, 0.05) is 23.8 Å². The van der Waals surface area contributed by atoms with Gasteiger partial charge in [0.05, 0.1) is 17.1 Å². The van der Waals surface area contributed by atoms with Crippen LogP contribution in [0.5, 0.6) is 0 Å². The number of rotatable bonds is 5. The smallest absolute Gasteiger partial charge is 0.240 e. The van der Waals surface area contributed by atoms with Crippen LogP contribution in [0.25, 0.3) is 0 Å². The molecule has 0 saturated carbocycles. The molecule has 2 aromatic rings. The van der Waals surface area contributed by atoms with Gasteiger partial charge in [0.25, 0.3) is 0 Å². The first-order valence-corrected chi connectivity index (χ1v) is 9.65. The number of nitrogens with zero attached hydrogens (tertiary/aromatic N) is 3. The maximum Gasteiger partial charge on any atom is 0.240 e. The average Bonchev–Trinajstić information content (AvgIpc) is 3.07. The van der Waals surface area contributed by atoms with E-state index < -0.39 is 10.0 Å². The SMILES string of the molecule is Cc1cc(CNS(=O)(=O)c2ccc(Cl)cc2)nc(N2CCCC2)n1. The third-order valence-corrected chi connectivity index (χ3v) is 5.52. The van der Waals surface area contributed by atoms with Gasteiger partial charge in [-0.25, -0.2) is 23.1 Å². The lowest BCUT2D eigenvalue weighted by atomic mass is 10.3. The van der Waals surface area contributed by atoms with E-state index in [1.165, 1.54) is 12.1 Å². The maximum absolute atomic E-state index is 12.3. The van der Waals surface area contributed by atoms with E-state index in [2.05, 4.69) is 19.6 Å². The van der Waals surface area contributed by atoms with Crippen molar-refractivity contribution in [3.63, 3.8) is 0 Å². The fourth-order valence-corrected chi connectivity index (χ4v) is 3.76. The Balaban J connectivity index is 1.75. The second-order valence-electron chi connectivity index (χ2n) is 5.77. The Bertz CT molecular complexity index is 818. The van der Waals surface area contributed by atoms with Crippen LogP contribution in [0.2, 0.25) is 5.02 Å². The molecule has 1 aliphatic heterocycles. The number of aryl methyl sites for hydroxylation is 1. The summed E-state index contributed by atoms with van der Waals surface area (Å²) in [6, 6.07) is 7.86. The minimum absolute atomic E-state index is 0.120. The normalized spacial score (nSPS) is 15.0. The van der Waals surface area contributed by atoms with Crippen LogP contribution in [0.1, 0.15) is 24.2 Å². The van der Waals surface area contributed by atoms with Crippen LogP contribution in [-0.4, -0.2) is 31.5 Å². The van der Waals surface area contributed by atoms with Crippen LogP contribution >= 0.6 is 11.6 Å². The summed E-state index contributed by atoms with van der Waals surface area (Å²) in [6.45, 7) is 3.90. The van der Waals surface area contributed by atoms with Crippen molar-refractivity contribution in [1.29, 1.82) is 0 Å². The minimum Gasteiger partial charge on any atom is -0.341 e. The largest absolute Gasteiger partial charge is 0.341 e. The molecule has 0 radical (unpaired) electrons. The van der Waals surface area contributed by atoms with E-state index in [1.54, 1.807) is 18.2 Å². The number of hydrogen-bond donors (Lipinski definition) is 1. The zero-order valence-corrected chi connectivity index (χ0v) is 14.9. The quantitative estimate of drug-likeness (QED) is 0.880. The van der Waals surface area contributed by atoms with Gasteiger partial charge in [-0.15, -0.1) is 0 Å². The van der Waals surface area contributed by atoms with Gasteiger partial charge in [-0.05, 0) is 50.1 Å². The lowest BCUT2D eigenvalue weighted by molar-refractivity contribution is 0.580. The third kappa shape index (κ3) is 4.03. The molecule has 0 unspecified atom stereocenters. The minimum atomic E-state index is -3.60. The lowest BCUT2D eigenvalue weighted by Gasteiger charge is -2.16. The summed E-state index contributed by atoms with van der Waals surface area (Å²) in [5, 5.41) is 0.496. The molecule has 1 fully saturated rings. The van der Waals surface area contributed by atoms with Crippen molar-refractivity contribution >= 4 is 27.6 Å². The van der Waals surface area contributed by atoms with Crippen molar-refractivity contribution in [3.8, 4) is 0 Å². The molecule has 1 N–H and O–H groups in total. The van der Waals surface area contributed by atoms with Gasteiger partial charge in [-0.3, -0.25) is 0 Å². The Morgan fingerprint density at radius 1 is 1.17 bits per heavy atom. The molecule has 3 rings (SSSR count). The molecule has 0 bridgehead atoms. The van der Waals surface area contributed by atoms with Gasteiger partial charge in [0.15, 0.2) is 0 Å². The third-order valence-electron chi connectivity index (χ3n) is 3.85. The number of benzene rings is 1. The predicted molar refractivity (Wildman–Crippen MR) is 93.7 cm³/mol. The van der Waals surface area contributed by atoms with Crippen molar-refractivity contribution in [3.05, 3.63) is 46.7 Å². The Morgan fingerprint density at radius 2 is 1.83 bits per heavy atom. The van der Waals surface area contributed by atoms with Crippen LogP contribution in [0.3, 0.4) is 0 Å². The van der Waals surface area contributed by atoms with Crippen molar-refractivity contribution in [2.75, 3.05) is 18.0 Å². The van der Waals surface area contributed by atoms with Crippen LogP contribution < -0.4 is 9.62 Å². The van der Waals surface area contributed by atoms with E-state index in [4.69, 9.17) is 11.6 Å². The molecule has 1 aromatic carbocycles. The van der Waals surface area contributed by atoms with Crippen LogP contribution in [-0.2, 0) is 16.6 Å². The average molecular weight is 367 g/mol. The van der Waals surface area contributed by atoms with E-state index in [0.29, 0.717) is 16.7 Å². The van der Waals surface area contributed by atoms with Crippen molar-refractivity contribution in [1.82, 2.24) is 14.7 Å². The monoisotopic (exact) mass is 366 g/mol. The molecule has 0 amide bonds. The molecule has 1 aliphatic rings. The summed E-state index contributed by atoms with van der Waals surface area (Å²) in [6.07, 6.45) is 2.27. The lowest BCUT2D eigenvalue weighted by Crippen LogP contribution is -2.25. The fraction of sp³-hybridized carbons (Fsp3) is 0.375. The molecule has 2 heterocycles. The first-order valence-electron chi connectivity index (χ1n) is 7.79. The molecule has 6 nitrogen and oxygen atoms in total. The molecular weight excluding hydrogens is 348 g/mol. The van der Waals surface area contributed by atoms with Crippen molar-refractivity contribution in [2.45, 2.75) is 31.2 Å². The second kappa shape index (κ2) is 7.04. The van der Waals surface area contributed by atoms with Crippen LogP contribution in [0.4, 0.5) is 5.95 Å². The highest BCUT2D eigenvalue weighted by molar-refractivity contribution is 7.89. The summed E-state index contributed by atoms with van der Waals surface area (Å²) in [5.74, 6) is 0.674. The summed E-state index contributed by atoms with van der Waals surface area (Å²) in [5.41, 5.74) is 1.48. The number of anilines is 1. The van der Waals surface area contributed by atoms with Crippen LogP contribution in [0, 0.1) is 6.92 Å². The summed E-state index contributed by atoms with van der Waals surface area (Å²) < 4.78 is 27.2. The summed E-state index contributed by atoms with van der Waals surface area (Å²) in [4.78, 5) is 11.3. The van der Waals surface area contributed by atoms with Gasteiger partial charge in [0.2, 0.25) is 16.0 Å². The van der Waals surface area contributed by atoms with Crippen LogP contribution in [0.15, 0.2) is 35.2 Å². The second-order valence-corrected chi connectivity index (χ2v) is 7.98. The Kier molecular flexibility index (Phi) is 5.03. The zero-order chi connectivity index (χ0) is 17.2. The Labute approximate surface area is 146 Å². The molecule has 0 atom stereocenters. The van der Waals surface area contributed by atoms with Crippen molar-refractivity contribution < 1.29 is 8.42 Å². The molecule has 1 saturated heterocycles. The molecule has 24 heavy (non-hydrogen) atoms. The van der Waals surface area contributed by atoms with E-state index in [-0.39, 0.29) is 11.4 Å². The topological polar surface area (TPSA) is 75.2 Å². The number of nitrogens with one attached hydrogen (secondary N) is 1. The maximum atomic E-state index is 12.3. The number of sulfonamides is 1. The standard InChI is InChI=1S/C16H19ClN4O2S/c1-12-10-14(20-16(19-12)21-8-2-3-9-21)11-18-24(22,23)15-6-4-13(17)5-7-15/h4-7,10,18H,2-3,8-9,11H2,1H3. The van der Waals surface area contributed by atoms with Gasteiger partial charge < -0.3 is 4.90 Å². The number of hydrogen-bond acceptors (Lipinski definition) is 5. The highest BCUT2D eigenvalue weighted by Crippen LogP contribution is 2.17. The first-order chi connectivity index (χ1) is 11.4. The molecule has 1 aromatic heterocycles. The first kappa shape index (κ1) is 17.1.